The minimum atomic E-state index is -0.793. The molecule has 0 spiro atoms. The fourth-order valence-corrected chi connectivity index (χ4v) is 7.90. The Hall–Kier alpha value is -5.46. The summed E-state index contributed by atoms with van der Waals surface area (Å²) in [5.74, 6) is -2.06. The summed E-state index contributed by atoms with van der Waals surface area (Å²) in [6.45, 7) is 1.95. The van der Waals surface area contributed by atoms with Crippen LogP contribution in [0.3, 0.4) is 0 Å². The summed E-state index contributed by atoms with van der Waals surface area (Å²) in [5, 5.41) is 0. The largest absolute Gasteiger partial charge is 0.453 e. The number of hydrogen-bond acceptors (Lipinski definition) is 6. The molecule has 0 fully saturated rings. The molecule has 0 aliphatic carbocycles. The van der Waals surface area contributed by atoms with Gasteiger partial charge in [-0.3, -0.25) is 9.80 Å². The molecule has 2 aliphatic rings. The van der Waals surface area contributed by atoms with E-state index in [9.17, 15) is 27.2 Å². The van der Waals surface area contributed by atoms with Crippen molar-refractivity contribution in [3.63, 3.8) is 0 Å². The molecule has 0 saturated carbocycles. The summed E-state index contributed by atoms with van der Waals surface area (Å²) in [5.41, 5.74) is 1.72. The smallest absolute Gasteiger partial charge is 0.410 e. The molecular formula is C46H52F4N4O4. The fraction of sp³-hybridized carbons (Fsp3) is 0.348. The number of hydrogen-bond donors (Lipinski definition) is 0. The van der Waals surface area contributed by atoms with Crippen molar-refractivity contribution in [2.45, 2.75) is 36.8 Å². The second kappa shape index (κ2) is 19.3. The molecular weight excluding hydrogens is 749 g/mol. The third kappa shape index (κ3) is 9.79. The van der Waals surface area contributed by atoms with Crippen LogP contribution in [-0.4, -0.2) is 100 Å². The molecule has 12 heteroatoms. The molecule has 2 aliphatic heterocycles. The molecule has 0 bridgehead atoms. The van der Waals surface area contributed by atoms with Gasteiger partial charge in [-0.2, -0.15) is 0 Å². The normalized spacial score (nSPS) is 18.8. The zero-order chi connectivity index (χ0) is 42.0. The van der Waals surface area contributed by atoms with E-state index in [4.69, 9.17) is 9.47 Å². The number of carbonyl (C=O) groups excluding carboxylic acids is 2. The van der Waals surface area contributed by atoms with Crippen molar-refractivity contribution in [3.05, 3.63) is 155 Å². The third-order valence-electron chi connectivity index (χ3n) is 10.7. The van der Waals surface area contributed by atoms with Crippen LogP contribution in [0.1, 0.15) is 47.9 Å². The van der Waals surface area contributed by atoms with Crippen molar-refractivity contribution in [2.75, 3.05) is 68.6 Å². The molecule has 8 nitrogen and oxygen atoms in total. The quantitative estimate of drug-likeness (QED) is 0.133. The Kier molecular flexibility index (Phi) is 14.5. The molecule has 4 aromatic carbocycles. The number of methoxy groups -OCH3 is 2. The molecule has 0 saturated heterocycles. The Morgan fingerprint density at radius 2 is 0.948 bits per heavy atom. The molecule has 6 rings (SSSR count). The van der Waals surface area contributed by atoms with E-state index in [1.54, 1.807) is 9.80 Å². The lowest BCUT2D eigenvalue weighted by Gasteiger charge is -2.38. The minimum Gasteiger partial charge on any atom is -0.453 e. The molecule has 0 radical (unpaired) electrons. The van der Waals surface area contributed by atoms with E-state index in [-0.39, 0.29) is 24.2 Å². The summed E-state index contributed by atoms with van der Waals surface area (Å²) >= 11 is 0. The molecule has 4 aromatic rings. The maximum atomic E-state index is 14.5. The summed E-state index contributed by atoms with van der Waals surface area (Å²) < 4.78 is 66.7. The predicted molar refractivity (Wildman–Crippen MR) is 219 cm³/mol. The number of amides is 2. The van der Waals surface area contributed by atoms with Gasteiger partial charge in [0.2, 0.25) is 0 Å². The lowest BCUT2D eigenvalue weighted by molar-refractivity contribution is 0.0885. The van der Waals surface area contributed by atoms with Crippen LogP contribution in [0.25, 0.3) is 11.1 Å². The van der Waals surface area contributed by atoms with Crippen LogP contribution >= 0.6 is 0 Å². The Labute approximate surface area is 338 Å². The number of halogens is 4. The number of rotatable bonds is 12. The second-order valence-corrected chi connectivity index (χ2v) is 15.1. The number of benzene rings is 4. The highest BCUT2D eigenvalue weighted by Gasteiger charge is 2.46. The first-order valence-electron chi connectivity index (χ1n) is 19.2. The van der Waals surface area contributed by atoms with E-state index >= 15 is 0 Å². The lowest BCUT2D eigenvalue weighted by Crippen LogP contribution is -2.45. The molecule has 2 amide bonds. The van der Waals surface area contributed by atoms with Crippen molar-refractivity contribution < 1.29 is 36.6 Å². The van der Waals surface area contributed by atoms with Gasteiger partial charge in [-0.1, -0.05) is 60.7 Å². The van der Waals surface area contributed by atoms with E-state index in [0.717, 1.165) is 61.3 Å². The maximum Gasteiger partial charge on any atom is 0.410 e. The van der Waals surface area contributed by atoms with E-state index in [0.29, 0.717) is 24.0 Å². The van der Waals surface area contributed by atoms with E-state index in [1.165, 1.54) is 26.4 Å². The first kappa shape index (κ1) is 43.7. The van der Waals surface area contributed by atoms with Gasteiger partial charge in [0.05, 0.1) is 38.4 Å². The van der Waals surface area contributed by atoms with E-state index < -0.39 is 46.5 Å². The van der Waals surface area contributed by atoms with Crippen molar-refractivity contribution in [1.82, 2.24) is 19.6 Å². The van der Waals surface area contributed by atoms with E-state index in [1.807, 2.05) is 101 Å². The predicted octanol–water partition coefficient (Wildman–Crippen LogP) is 9.34. The third-order valence-corrected chi connectivity index (χ3v) is 10.7. The summed E-state index contributed by atoms with van der Waals surface area (Å²) in [6, 6.07) is 26.0. The van der Waals surface area contributed by atoms with Gasteiger partial charge in [0, 0.05) is 11.1 Å². The van der Waals surface area contributed by atoms with Gasteiger partial charge in [-0.05, 0) is 138 Å². The number of carbonyl (C=O) groups is 2. The van der Waals surface area contributed by atoms with Crippen LogP contribution in [0.2, 0.25) is 0 Å². The molecule has 0 N–H and O–H groups in total. The molecule has 0 aromatic heterocycles. The monoisotopic (exact) mass is 800 g/mol. The van der Waals surface area contributed by atoms with Crippen molar-refractivity contribution >= 4 is 23.3 Å². The molecule has 2 atom stereocenters. The summed E-state index contributed by atoms with van der Waals surface area (Å²) in [7, 11) is 10.6. The molecule has 2 heterocycles. The van der Waals surface area contributed by atoms with Crippen LogP contribution in [0, 0.1) is 23.3 Å². The average molecular weight is 801 g/mol. The fourth-order valence-electron chi connectivity index (χ4n) is 7.90. The average Bonchev–Trinajstić information content (AvgIpc) is 3.80. The SMILES string of the molecule is COC(=O)N1CC(c2cc(F)ccc2F)=CC1(CCCN(C)C)c1ccccc1.COC(=O)N1CC(c2cc(F)ccc2F)=CC1(CCCN(C)C)c1ccccc1. The first-order valence-corrected chi connectivity index (χ1v) is 19.2. The maximum absolute atomic E-state index is 14.5. The van der Waals surface area contributed by atoms with Crippen LogP contribution in [-0.2, 0) is 20.6 Å². The number of ether oxygens (including phenoxy) is 2. The van der Waals surface area contributed by atoms with Crippen molar-refractivity contribution in [1.29, 1.82) is 0 Å². The Morgan fingerprint density at radius 1 is 0.586 bits per heavy atom. The zero-order valence-electron chi connectivity index (χ0n) is 34.0. The van der Waals surface area contributed by atoms with Crippen LogP contribution < -0.4 is 0 Å². The zero-order valence-corrected chi connectivity index (χ0v) is 34.0. The Balaban J connectivity index is 0.000000221. The highest BCUT2D eigenvalue weighted by molar-refractivity contribution is 5.81. The second-order valence-electron chi connectivity index (χ2n) is 15.1. The van der Waals surface area contributed by atoms with Gasteiger partial charge in [-0.15, -0.1) is 0 Å². The first-order chi connectivity index (χ1) is 27.7. The van der Waals surface area contributed by atoms with Crippen molar-refractivity contribution in [3.8, 4) is 0 Å². The van der Waals surface area contributed by atoms with Gasteiger partial charge in [0.1, 0.15) is 23.3 Å². The van der Waals surface area contributed by atoms with Gasteiger partial charge in [-0.25, -0.2) is 27.2 Å². The van der Waals surface area contributed by atoms with Crippen LogP contribution in [0.4, 0.5) is 27.2 Å². The van der Waals surface area contributed by atoms with E-state index in [2.05, 4.69) is 9.80 Å². The lowest BCUT2D eigenvalue weighted by atomic mass is 9.84. The van der Waals surface area contributed by atoms with Gasteiger partial charge in [0.15, 0.2) is 0 Å². The summed E-state index contributed by atoms with van der Waals surface area (Å²) in [6.07, 6.45) is 5.67. The van der Waals surface area contributed by atoms with Gasteiger partial charge >= 0.3 is 12.2 Å². The van der Waals surface area contributed by atoms with Crippen LogP contribution in [0.5, 0.6) is 0 Å². The molecule has 58 heavy (non-hydrogen) atoms. The molecule has 2 unspecified atom stereocenters. The highest BCUT2D eigenvalue weighted by Crippen LogP contribution is 2.46. The number of nitrogens with zero attached hydrogens (tertiary/aromatic N) is 4. The summed E-state index contributed by atoms with van der Waals surface area (Å²) in [4.78, 5) is 32.8. The molecule has 308 valence electrons. The topological polar surface area (TPSA) is 65.6 Å². The standard InChI is InChI=1S/2C23H26F2N2O2/c2*1-26(2)13-7-12-23(18-8-5-4-6-9-18)15-17(16-27(23)22(28)29-3)20-14-19(24)10-11-21(20)25/h2*4-6,8-11,14-15H,7,12-13,16H2,1-3H3. The van der Waals surface area contributed by atoms with Gasteiger partial charge in [0.25, 0.3) is 0 Å². The minimum absolute atomic E-state index is 0.143. The Bertz CT molecular complexity index is 1950. The Morgan fingerprint density at radius 3 is 1.28 bits per heavy atom. The van der Waals surface area contributed by atoms with Crippen molar-refractivity contribution in [2.24, 2.45) is 0 Å². The van der Waals surface area contributed by atoms with Crippen LogP contribution in [0.15, 0.2) is 109 Å². The highest BCUT2D eigenvalue weighted by atomic mass is 19.1. The van der Waals surface area contributed by atoms with Gasteiger partial charge < -0.3 is 19.3 Å².